The summed E-state index contributed by atoms with van der Waals surface area (Å²) in [5, 5.41) is 22.5. The van der Waals surface area contributed by atoms with Gasteiger partial charge in [0.1, 0.15) is 6.04 Å². The molecule has 0 rings (SSSR count). The summed E-state index contributed by atoms with van der Waals surface area (Å²) < 4.78 is 0. The Morgan fingerprint density at radius 3 is 2.25 bits per heavy atom. The molecule has 0 aromatic heterocycles. The monoisotopic (exact) mass is 288 g/mol. The van der Waals surface area contributed by atoms with Crippen molar-refractivity contribution in [2.24, 2.45) is 5.92 Å². The number of carbonyl (C=O) groups is 2. The van der Waals surface area contributed by atoms with Crippen LogP contribution in [0.1, 0.15) is 52.4 Å². The standard InChI is InChI=1S/C14H28N2O4/c1-11(2)7-5-3-4-6-9-15-14(20)16-12(8-10-17)13(18)19/h11-12,17H,3-10H2,1-2H3,(H,18,19)(H2,15,16,20)/t12-/m0/s1. The average Bonchev–Trinajstić information content (AvgIpc) is 2.36. The molecular weight excluding hydrogens is 260 g/mol. The van der Waals surface area contributed by atoms with Gasteiger partial charge in [0, 0.05) is 19.6 Å². The van der Waals surface area contributed by atoms with E-state index in [0.717, 1.165) is 25.2 Å². The van der Waals surface area contributed by atoms with Crippen molar-refractivity contribution in [1.82, 2.24) is 10.6 Å². The van der Waals surface area contributed by atoms with Gasteiger partial charge < -0.3 is 20.8 Å². The average molecular weight is 288 g/mol. The Balaban J connectivity index is 3.60. The number of nitrogens with one attached hydrogen (secondary N) is 2. The lowest BCUT2D eigenvalue weighted by molar-refractivity contribution is -0.139. The van der Waals surface area contributed by atoms with Gasteiger partial charge in [-0.1, -0.05) is 39.5 Å². The Hall–Kier alpha value is -1.30. The molecule has 0 aliphatic heterocycles. The first kappa shape index (κ1) is 18.7. The predicted octanol–water partition coefficient (Wildman–Crippen LogP) is 1.73. The Labute approximate surface area is 120 Å². The van der Waals surface area contributed by atoms with Crippen molar-refractivity contribution < 1.29 is 19.8 Å². The van der Waals surface area contributed by atoms with E-state index in [1.54, 1.807) is 0 Å². The minimum absolute atomic E-state index is 0.0119. The maximum Gasteiger partial charge on any atom is 0.326 e. The summed E-state index contributed by atoms with van der Waals surface area (Å²) in [7, 11) is 0. The summed E-state index contributed by atoms with van der Waals surface area (Å²) in [5.74, 6) is -0.402. The van der Waals surface area contributed by atoms with E-state index in [9.17, 15) is 9.59 Å². The fraction of sp³-hybridized carbons (Fsp3) is 0.857. The largest absolute Gasteiger partial charge is 0.480 e. The van der Waals surface area contributed by atoms with Crippen LogP contribution in [0.25, 0.3) is 0 Å². The van der Waals surface area contributed by atoms with Crippen LogP contribution in [0.15, 0.2) is 0 Å². The quantitative estimate of drug-likeness (QED) is 0.435. The number of aliphatic carboxylic acids is 1. The zero-order chi connectivity index (χ0) is 15.4. The zero-order valence-corrected chi connectivity index (χ0v) is 12.5. The number of carboxylic acid groups (broad SMARTS) is 1. The van der Waals surface area contributed by atoms with Crippen LogP contribution in [-0.4, -0.2) is 41.4 Å². The second-order valence-electron chi connectivity index (χ2n) is 5.40. The maximum absolute atomic E-state index is 11.4. The van der Waals surface area contributed by atoms with Gasteiger partial charge in [0.15, 0.2) is 0 Å². The first-order valence-electron chi connectivity index (χ1n) is 7.35. The van der Waals surface area contributed by atoms with E-state index in [0.29, 0.717) is 6.54 Å². The number of aliphatic hydroxyl groups excluding tert-OH is 1. The van der Waals surface area contributed by atoms with Gasteiger partial charge >= 0.3 is 12.0 Å². The van der Waals surface area contributed by atoms with E-state index in [-0.39, 0.29) is 13.0 Å². The fourth-order valence-electron chi connectivity index (χ4n) is 1.83. The number of amides is 2. The highest BCUT2D eigenvalue weighted by atomic mass is 16.4. The van der Waals surface area contributed by atoms with Crippen molar-refractivity contribution in [1.29, 1.82) is 0 Å². The smallest absolute Gasteiger partial charge is 0.326 e. The summed E-state index contributed by atoms with van der Waals surface area (Å²) in [6.45, 7) is 4.68. The molecule has 0 radical (unpaired) electrons. The van der Waals surface area contributed by atoms with E-state index in [4.69, 9.17) is 10.2 Å². The van der Waals surface area contributed by atoms with E-state index >= 15 is 0 Å². The molecule has 0 aromatic rings. The van der Waals surface area contributed by atoms with Gasteiger partial charge in [0.2, 0.25) is 0 Å². The Morgan fingerprint density at radius 1 is 1.05 bits per heavy atom. The van der Waals surface area contributed by atoms with E-state index in [1.165, 1.54) is 12.8 Å². The highest BCUT2D eigenvalue weighted by Crippen LogP contribution is 2.08. The first-order chi connectivity index (χ1) is 9.47. The molecule has 0 aromatic carbocycles. The predicted molar refractivity (Wildman–Crippen MR) is 77.6 cm³/mol. The van der Waals surface area contributed by atoms with Crippen molar-refractivity contribution in [2.75, 3.05) is 13.2 Å². The van der Waals surface area contributed by atoms with Crippen molar-refractivity contribution in [3.05, 3.63) is 0 Å². The molecule has 0 unspecified atom stereocenters. The second kappa shape index (κ2) is 11.5. The van der Waals surface area contributed by atoms with Gasteiger partial charge in [0.25, 0.3) is 0 Å². The topological polar surface area (TPSA) is 98.7 Å². The van der Waals surface area contributed by atoms with E-state index in [2.05, 4.69) is 24.5 Å². The summed E-state index contributed by atoms with van der Waals surface area (Å²) in [4.78, 5) is 22.2. The summed E-state index contributed by atoms with van der Waals surface area (Å²) in [6, 6.07) is -1.53. The number of carbonyl (C=O) groups excluding carboxylic acids is 1. The second-order valence-corrected chi connectivity index (χ2v) is 5.40. The number of hydrogen-bond donors (Lipinski definition) is 4. The minimum atomic E-state index is -1.14. The van der Waals surface area contributed by atoms with Crippen molar-refractivity contribution >= 4 is 12.0 Å². The maximum atomic E-state index is 11.4. The summed E-state index contributed by atoms with van der Waals surface area (Å²) >= 11 is 0. The number of hydrogen-bond acceptors (Lipinski definition) is 3. The van der Waals surface area contributed by atoms with Crippen LogP contribution in [-0.2, 0) is 4.79 Å². The zero-order valence-electron chi connectivity index (χ0n) is 12.5. The molecule has 20 heavy (non-hydrogen) atoms. The minimum Gasteiger partial charge on any atom is -0.480 e. The highest BCUT2D eigenvalue weighted by Gasteiger charge is 2.18. The highest BCUT2D eigenvalue weighted by molar-refractivity contribution is 5.82. The van der Waals surface area contributed by atoms with Gasteiger partial charge in [-0.15, -0.1) is 0 Å². The van der Waals surface area contributed by atoms with E-state index < -0.39 is 18.0 Å². The van der Waals surface area contributed by atoms with Gasteiger partial charge in [-0.2, -0.15) is 0 Å². The third kappa shape index (κ3) is 10.6. The molecule has 4 N–H and O–H groups in total. The van der Waals surface area contributed by atoms with Crippen LogP contribution in [0.5, 0.6) is 0 Å². The molecule has 0 heterocycles. The van der Waals surface area contributed by atoms with Gasteiger partial charge in [-0.25, -0.2) is 9.59 Å². The number of urea groups is 1. The lowest BCUT2D eigenvalue weighted by Gasteiger charge is -2.13. The Morgan fingerprint density at radius 2 is 1.70 bits per heavy atom. The molecule has 0 spiro atoms. The van der Waals surface area contributed by atoms with E-state index in [1.807, 2.05) is 0 Å². The molecular formula is C14H28N2O4. The van der Waals surface area contributed by atoms with Gasteiger partial charge in [0.05, 0.1) is 0 Å². The van der Waals surface area contributed by atoms with Crippen molar-refractivity contribution in [3.8, 4) is 0 Å². The van der Waals surface area contributed by atoms with Crippen LogP contribution >= 0.6 is 0 Å². The molecule has 2 amide bonds. The van der Waals surface area contributed by atoms with Crippen molar-refractivity contribution in [2.45, 2.75) is 58.4 Å². The molecule has 1 atom stereocenters. The molecule has 6 nitrogen and oxygen atoms in total. The molecule has 0 saturated carbocycles. The Bertz CT molecular complexity index is 282. The SMILES string of the molecule is CC(C)CCCCCCNC(=O)N[C@@H](CCO)C(=O)O. The third-order valence-corrected chi connectivity index (χ3v) is 3.02. The van der Waals surface area contributed by atoms with Crippen LogP contribution in [0.2, 0.25) is 0 Å². The lowest BCUT2D eigenvalue weighted by atomic mass is 10.0. The number of unbranched alkanes of at least 4 members (excludes halogenated alkanes) is 3. The normalized spacial score (nSPS) is 12.2. The third-order valence-electron chi connectivity index (χ3n) is 3.02. The number of aliphatic hydroxyl groups is 1. The molecule has 118 valence electrons. The van der Waals surface area contributed by atoms with Crippen LogP contribution in [0, 0.1) is 5.92 Å². The van der Waals surface area contributed by atoms with Crippen LogP contribution in [0.3, 0.4) is 0 Å². The molecule has 0 aliphatic rings. The number of carboxylic acids is 1. The molecule has 6 heteroatoms. The fourth-order valence-corrected chi connectivity index (χ4v) is 1.83. The van der Waals surface area contributed by atoms with Gasteiger partial charge in [-0.3, -0.25) is 0 Å². The molecule has 0 fully saturated rings. The van der Waals surface area contributed by atoms with Crippen LogP contribution < -0.4 is 10.6 Å². The molecule has 0 saturated heterocycles. The Kier molecular flexibility index (Phi) is 10.8. The van der Waals surface area contributed by atoms with Crippen LogP contribution in [0.4, 0.5) is 4.79 Å². The lowest BCUT2D eigenvalue weighted by Crippen LogP contribution is -2.46. The summed E-state index contributed by atoms with van der Waals surface area (Å²) in [5.41, 5.74) is 0. The number of rotatable bonds is 11. The molecule has 0 bridgehead atoms. The first-order valence-corrected chi connectivity index (χ1v) is 7.35. The van der Waals surface area contributed by atoms with Crippen molar-refractivity contribution in [3.63, 3.8) is 0 Å². The summed E-state index contributed by atoms with van der Waals surface area (Å²) in [6.07, 6.45) is 5.56. The van der Waals surface area contributed by atoms with Gasteiger partial charge in [-0.05, 0) is 12.3 Å². The molecule has 0 aliphatic carbocycles.